The van der Waals surface area contributed by atoms with E-state index in [2.05, 4.69) is 5.32 Å². The van der Waals surface area contributed by atoms with Crippen LogP contribution >= 0.6 is 0 Å². The quantitative estimate of drug-likeness (QED) is 0.613. The molecule has 0 spiro atoms. The van der Waals surface area contributed by atoms with Crippen molar-refractivity contribution in [3.63, 3.8) is 0 Å². The number of urea groups is 1. The van der Waals surface area contributed by atoms with Crippen LogP contribution in [0, 0.1) is 17.0 Å². The third-order valence-electron chi connectivity index (χ3n) is 5.02. The Bertz CT molecular complexity index is 1120. The highest BCUT2D eigenvalue weighted by molar-refractivity contribution is 5.85. The summed E-state index contributed by atoms with van der Waals surface area (Å²) in [5.74, 6) is 0.405. The van der Waals surface area contributed by atoms with Crippen molar-refractivity contribution in [1.82, 2.24) is 14.8 Å². The summed E-state index contributed by atoms with van der Waals surface area (Å²) in [4.78, 5) is 37.9. The first-order valence-corrected chi connectivity index (χ1v) is 9.52. The van der Waals surface area contributed by atoms with Gasteiger partial charge in [0.05, 0.1) is 21.9 Å². The summed E-state index contributed by atoms with van der Waals surface area (Å²) in [6.07, 6.45) is 1.58. The second kappa shape index (κ2) is 7.66. The number of carbonyl (C=O) groups is 1. The van der Waals surface area contributed by atoms with Crippen LogP contribution in [0.25, 0.3) is 5.70 Å². The maximum atomic E-state index is 12.8. The summed E-state index contributed by atoms with van der Waals surface area (Å²) < 4.78 is 7.56. The molecule has 0 saturated heterocycles. The molecule has 0 bridgehead atoms. The molecule has 0 fully saturated rings. The summed E-state index contributed by atoms with van der Waals surface area (Å²) in [5, 5.41) is 14.3. The van der Waals surface area contributed by atoms with Crippen molar-refractivity contribution in [1.29, 1.82) is 0 Å². The van der Waals surface area contributed by atoms with Crippen LogP contribution < -0.4 is 15.6 Å². The first-order chi connectivity index (χ1) is 14.1. The van der Waals surface area contributed by atoms with Gasteiger partial charge in [-0.2, -0.15) is 0 Å². The van der Waals surface area contributed by atoms with Crippen LogP contribution in [0.15, 0.2) is 47.0 Å². The summed E-state index contributed by atoms with van der Waals surface area (Å²) in [6.45, 7) is 7.39. The van der Waals surface area contributed by atoms with E-state index < -0.39 is 10.5 Å². The van der Waals surface area contributed by atoms with Crippen molar-refractivity contribution >= 4 is 17.4 Å². The first kappa shape index (κ1) is 21.1. The fourth-order valence-corrected chi connectivity index (χ4v) is 3.76. The second-order valence-corrected chi connectivity index (χ2v) is 7.45. The number of hydrogen-bond donors (Lipinski definition) is 1. The number of pyridine rings is 1. The zero-order valence-corrected chi connectivity index (χ0v) is 17.6. The molecule has 9 heteroatoms. The van der Waals surface area contributed by atoms with Crippen molar-refractivity contribution in [2.45, 2.75) is 33.3 Å². The predicted octanol–water partition coefficient (Wildman–Crippen LogP) is 3.11. The Kier molecular flexibility index (Phi) is 5.39. The summed E-state index contributed by atoms with van der Waals surface area (Å²) in [7, 11) is 1.58. The number of nitro benzene ring substituents is 1. The molecular formula is C21H24N4O5. The molecule has 30 heavy (non-hydrogen) atoms. The molecule has 1 N–H and O–H groups in total. The maximum Gasteiger partial charge on any atom is 0.321 e. The molecule has 0 aliphatic carbocycles. The van der Waals surface area contributed by atoms with Crippen molar-refractivity contribution in [3.8, 4) is 5.75 Å². The van der Waals surface area contributed by atoms with Gasteiger partial charge in [-0.1, -0.05) is 6.07 Å². The SMILES string of the molecule is CCNC(=O)N(C)C1=C(n2ccccc2=O)c2c(ccc([N+](=O)[O-])c2C)OC1(C)C. The molecule has 9 nitrogen and oxygen atoms in total. The van der Waals surface area contributed by atoms with Gasteiger partial charge in [-0.3, -0.25) is 24.4 Å². The van der Waals surface area contributed by atoms with Gasteiger partial charge in [0.15, 0.2) is 0 Å². The fraction of sp³-hybridized carbons (Fsp3) is 0.333. The predicted molar refractivity (Wildman–Crippen MR) is 112 cm³/mol. The average molecular weight is 412 g/mol. The molecule has 1 aromatic heterocycles. The molecule has 0 unspecified atom stereocenters. The lowest BCUT2D eigenvalue weighted by molar-refractivity contribution is -0.385. The van der Waals surface area contributed by atoms with Gasteiger partial charge in [-0.15, -0.1) is 0 Å². The van der Waals surface area contributed by atoms with Crippen LogP contribution in [0.3, 0.4) is 0 Å². The Morgan fingerprint density at radius 2 is 2.00 bits per heavy atom. The number of likely N-dealkylation sites (N-methyl/N-ethyl adjacent to an activating group) is 1. The van der Waals surface area contributed by atoms with Gasteiger partial charge in [0, 0.05) is 37.5 Å². The molecule has 1 aromatic carbocycles. The minimum Gasteiger partial charge on any atom is -0.481 e. The topological polar surface area (TPSA) is 107 Å². The number of nitro groups is 1. The lowest BCUT2D eigenvalue weighted by Crippen LogP contribution is -2.48. The summed E-state index contributed by atoms with van der Waals surface area (Å²) >= 11 is 0. The number of benzene rings is 1. The number of carbonyl (C=O) groups excluding carboxylic acids is 1. The zero-order chi connectivity index (χ0) is 22.2. The van der Waals surface area contributed by atoms with E-state index in [1.54, 1.807) is 53.1 Å². The van der Waals surface area contributed by atoms with E-state index in [-0.39, 0.29) is 17.3 Å². The maximum absolute atomic E-state index is 12.8. The van der Waals surface area contributed by atoms with Gasteiger partial charge in [-0.25, -0.2) is 4.79 Å². The Morgan fingerprint density at radius 1 is 1.30 bits per heavy atom. The monoisotopic (exact) mass is 412 g/mol. The highest BCUT2D eigenvalue weighted by Gasteiger charge is 2.41. The first-order valence-electron chi connectivity index (χ1n) is 9.52. The van der Waals surface area contributed by atoms with Crippen molar-refractivity contribution < 1.29 is 14.5 Å². The Labute approximate surface area is 173 Å². The fourth-order valence-electron chi connectivity index (χ4n) is 3.76. The van der Waals surface area contributed by atoms with Crippen LogP contribution in [0.2, 0.25) is 0 Å². The molecule has 3 rings (SSSR count). The minimum absolute atomic E-state index is 0.0986. The third-order valence-corrected chi connectivity index (χ3v) is 5.02. The normalized spacial score (nSPS) is 14.6. The minimum atomic E-state index is -1.000. The van der Waals surface area contributed by atoms with Gasteiger partial charge in [0.2, 0.25) is 0 Å². The van der Waals surface area contributed by atoms with Gasteiger partial charge >= 0.3 is 6.03 Å². The van der Waals surface area contributed by atoms with Crippen LogP contribution in [-0.4, -0.2) is 39.6 Å². The number of nitrogens with one attached hydrogen (secondary N) is 1. The molecule has 0 radical (unpaired) electrons. The highest BCUT2D eigenvalue weighted by Crippen LogP contribution is 2.45. The standard InChI is InChI=1S/C21H24N4O5/c1-6-22-20(27)23(5)19-18(24-12-8-7-9-16(24)26)17-13(2)14(25(28)29)10-11-15(17)30-21(19,3)4/h7-12H,6H2,1-5H3,(H,22,27). The van der Waals surface area contributed by atoms with E-state index in [1.807, 2.05) is 0 Å². The number of fused-ring (bicyclic) bond motifs is 1. The van der Waals surface area contributed by atoms with E-state index in [4.69, 9.17) is 4.74 Å². The van der Waals surface area contributed by atoms with Crippen LogP contribution in [0.4, 0.5) is 10.5 Å². The van der Waals surface area contributed by atoms with E-state index in [0.717, 1.165) is 0 Å². The molecular weight excluding hydrogens is 388 g/mol. The van der Waals surface area contributed by atoms with Crippen molar-refractivity contribution in [2.24, 2.45) is 0 Å². The van der Waals surface area contributed by atoms with Crippen molar-refractivity contribution in [3.05, 3.63) is 73.8 Å². The van der Waals surface area contributed by atoms with E-state index in [1.165, 1.54) is 27.7 Å². The van der Waals surface area contributed by atoms with Gasteiger partial charge in [0.25, 0.3) is 11.2 Å². The molecule has 2 aromatic rings. The third kappa shape index (κ3) is 3.42. The number of aromatic nitrogens is 1. The molecule has 2 heterocycles. The van der Waals surface area contributed by atoms with Crippen molar-refractivity contribution in [2.75, 3.05) is 13.6 Å². The van der Waals surface area contributed by atoms with E-state index >= 15 is 0 Å². The smallest absolute Gasteiger partial charge is 0.321 e. The van der Waals surface area contributed by atoms with Crippen LogP contribution in [0.5, 0.6) is 5.75 Å². The zero-order valence-electron chi connectivity index (χ0n) is 17.6. The summed E-state index contributed by atoms with van der Waals surface area (Å²) in [5.41, 5.74) is 0.116. The molecule has 1 aliphatic rings. The average Bonchev–Trinajstić information content (AvgIpc) is 2.66. The number of hydrogen-bond acceptors (Lipinski definition) is 5. The summed E-state index contributed by atoms with van der Waals surface area (Å²) in [6, 6.07) is 7.22. The Balaban J connectivity index is 2.47. The number of nitrogens with zero attached hydrogens (tertiary/aromatic N) is 3. The number of amides is 2. The molecule has 1 aliphatic heterocycles. The van der Waals surface area contributed by atoms with Gasteiger partial charge in [-0.05, 0) is 39.8 Å². The van der Waals surface area contributed by atoms with Crippen LogP contribution in [-0.2, 0) is 0 Å². The molecule has 2 amide bonds. The van der Waals surface area contributed by atoms with E-state index in [0.29, 0.717) is 34.8 Å². The Morgan fingerprint density at radius 3 is 2.60 bits per heavy atom. The molecule has 158 valence electrons. The lowest BCUT2D eigenvalue weighted by atomic mass is 9.90. The van der Waals surface area contributed by atoms with Crippen LogP contribution in [0.1, 0.15) is 31.9 Å². The molecule has 0 atom stereocenters. The highest BCUT2D eigenvalue weighted by atomic mass is 16.6. The van der Waals surface area contributed by atoms with Gasteiger partial charge in [0.1, 0.15) is 11.4 Å². The van der Waals surface area contributed by atoms with E-state index in [9.17, 15) is 19.7 Å². The molecule has 0 saturated carbocycles. The Hall–Kier alpha value is -3.62. The second-order valence-electron chi connectivity index (χ2n) is 7.45. The number of rotatable bonds is 4. The van der Waals surface area contributed by atoms with Gasteiger partial charge < -0.3 is 10.1 Å². The number of ether oxygens (including phenoxy) is 1. The largest absolute Gasteiger partial charge is 0.481 e. The lowest BCUT2D eigenvalue weighted by Gasteiger charge is -2.41.